The van der Waals surface area contributed by atoms with Crippen molar-refractivity contribution >= 4 is 17.7 Å². The lowest BCUT2D eigenvalue weighted by Crippen LogP contribution is -2.31. The van der Waals surface area contributed by atoms with E-state index in [1.807, 2.05) is 12.1 Å². The number of benzene rings is 2. The van der Waals surface area contributed by atoms with Crippen molar-refractivity contribution < 1.29 is 19.1 Å². The molecular weight excluding hydrogens is 318 g/mol. The van der Waals surface area contributed by atoms with Gasteiger partial charge in [-0.1, -0.05) is 30.3 Å². The molecule has 0 unspecified atom stereocenters. The molecule has 1 N–H and O–H groups in total. The van der Waals surface area contributed by atoms with Crippen LogP contribution in [0.25, 0.3) is 0 Å². The Morgan fingerprint density at radius 2 is 1.68 bits per heavy atom. The highest BCUT2D eigenvalue weighted by atomic mass is 16.5. The van der Waals surface area contributed by atoms with Gasteiger partial charge >= 0.3 is 5.97 Å². The summed E-state index contributed by atoms with van der Waals surface area (Å²) in [6.45, 7) is -0.593. The third-order valence-corrected chi connectivity index (χ3v) is 4.21. The van der Waals surface area contributed by atoms with Crippen molar-refractivity contribution in [3.05, 3.63) is 70.8 Å². The molecule has 1 aliphatic carbocycles. The molecule has 25 heavy (non-hydrogen) atoms. The van der Waals surface area contributed by atoms with Crippen LogP contribution in [0.15, 0.2) is 48.5 Å². The first kappa shape index (κ1) is 16.9. The van der Waals surface area contributed by atoms with Crippen LogP contribution < -0.4 is 5.32 Å². The van der Waals surface area contributed by atoms with Crippen LogP contribution in [0.4, 0.5) is 0 Å². The molecular formula is C20H19NO4. The van der Waals surface area contributed by atoms with Gasteiger partial charge in [-0.15, -0.1) is 0 Å². The number of aryl methyl sites for hydroxylation is 2. The topological polar surface area (TPSA) is 72.5 Å². The summed E-state index contributed by atoms with van der Waals surface area (Å²) in [5.74, 6) is -1.24. The largest absolute Gasteiger partial charge is 0.456 e. The van der Waals surface area contributed by atoms with Crippen LogP contribution >= 0.6 is 0 Å². The molecule has 128 valence electrons. The van der Waals surface area contributed by atoms with E-state index < -0.39 is 5.97 Å². The van der Waals surface area contributed by atoms with Crippen molar-refractivity contribution in [3.8, 4) is 0 Å². The van der Waals surface area contributed by atoms with Crippen molar-refractivity contribution in [3.63, 3.8) is 0 Å². The zero-order valence-corrected chi connectivity index (χ0v) is 13.8. The predicted molar refractivity (Wildman–Crippen MR) is 92.5 cm³/mol. The summed E-state index contributed by atoms with van der Waals surface area (Å²) < 4.78 is 4.96. The van der Waals surface area contributed by atoms with Gasteiger partial charge in [-0.2, -0.15) is 0 Å². The summed E-state index contributed by atoms with van der Waals surface area (Å²) in [6, 6.07) is 14.2. The fourth-order valence-electron chi connectivity index (χ4n) is 2.87. The molecule has 0 saturated carbocycles. The zero-order chi connectivity index (χ0) is 17.6. The molecule has 0 atom stereocenters. The summed E-state index contributed by atoms with van der Waals surface area (Å²) in [5, 5.41) is 2.47. The molecule has 2 aromatic rings. The van der Waals surface area contributed by atoms with E-state index in [0.29, 0.717) is 11.1 Å². The molecule has 1 aliphatic rings. The fourth-order valence-corrected chi connectivity index (χ4v) is 2.87. The number of carbonyl (C=O) groups is 3. The molecule has 0 spiro atoms. The maximum atomic E-state index is 12.1. The van der Waals surface area contributed by atoms with Crippen molar-refractivity contribution in [1.29, 1.82) is 0 Å². The Labute approximate surface area is 146 Å². The third kappa shape index (κ3) is 4.32. The van der Waals surface area contributed by atoms with Crippen molar-refractivity contribution in [2.24, 2.45) is 0 Å². The number of Topliss-reactive ketones (excluding diaryl/α,β-unsaturated/α-hetero) is 1. The first-order valence-electron chi connectivity index (χ1n) is 8.27. The molecule has 0 saturated heterocycles. The Morgan fingerprint density at radius 1 is 0.920 bits per heavy atom. The summed E-state index contributed by atoms with van der Waals surface area (Å²) in [5.41, 5.74) is 3.51. The quantitative estimate of drug-likeness (QED) is 0.649. The number of amides is 1. The highest BCUT2D eigenvalue weighted by Gasteiger charge is 2.15. The number of rotatable bonds is 6. The van der Waals surface area contributed by atoms with E-state index in [4.69, 9.17) is 4.74 Å². The monoisotopic (exact) mass is 337 g/mol. The number of fused-ring (bicyclic) bond motifs is 1. The van der Waals surface area contributed by atoms with Crippen molar-refractivity contribution in [1.82, 2.24) is 5.32 Å². The van der Waals surface area contributed by atoms with Crippen LogP contribution in [0.2, 0.25) is 0 Å². The van der Waals surface area contributed by atoms with Crippen molar-refractivity contribution in [2.45, 2.75) is 19.3 Å². The van der Waals surface area contributed by atoms with Gasteiger partial charge in [0.05, 0.1) is 0 Å². The SMILES string of the molecule is O=C(CNC(=O)c1ccccc1)OCC(=O)c1ccc2c(c1)CCC2. The molecule has 1 amide bonds. The number of hydrogen-bond donors (Lipinski definition) is 1. The molecule has 0 aliphatic heterocycles. The summed E-state index contributed by atoms with van der Waals surface area (Å²) in [6.07, 6.45) is 3.16. The Hall–Kier alpha value is -2.95. The lowest BCUT2D eigenvalue weighted by molar-refractivity contribution is -0.141. The second-order valence-electron chi connectivity index (χ2n) is 5.97. The van der Waals surface area contributed by atoms with Crippen LogP contribution in [0.5, 0.6) is 0 Å². The predicted octanol–water partition coefficient (Wildman–Crippen LogP) is 2.33. The van der Waals surface area contributed by atoms with Gasteiger partial charge in [-0.3, -0.25) is 14.4 Å². The smallest absolute Gasteiger partial charge is 0.325 e. The van der Waals surface area contributed by atoms with Gasteiger partial charge in [-0.25, -0.2) is 0 Å². The van der Waals surface area contributed by atoms with Crippen LogP contribution in [-0.4, -0.2) is 30.8 Å². The molecule has 0 bridgehead atoms. The normalized spacial score (nSPS) is 12.3. The molecule has 5 nitrogen and oxygen atoms in total. The Kier molecular flexibility index (Phi) is 5.23. The maximum Gasteiger partial charge on any atom is 0.325 e. The zero-order valence-electron chi connectivity index (χ0n) is 13.8. The summed E-state index contributed by atoms with van der Waals surface area (Å²) >= 11 is 0. The van der Waals surface area contributed by atoms with Crippen LogP contribution in [0, 0.1) is 0 Å². The van der Waals surface area contributed by atoms with Gasteiger partial charge in [0.2, 0.25) is 0 Å². The number of hydrogen-bond acceptors (Lipinski definition) is 4. The van der Waals surface area contributed by atoms with Gasteiger partial charge in [-0.05, 0) is 48.6 Å². The van der Waals surface area contributed by atoms with Gasteiger partial charge in [0.25, 0.3) is 5.91 Å². The standard InChI is InChI=1S/C20H19NO4/c22-18(17-10-9-14-7-4-8-16(14)11-17)13-25-19(23)12-21-20(24)15-5-2-1-3-6-15/h1-3,5-6,9-11H,4,7-8,12-13H2,(H,21,24). The first-order chi connectivity index (χ1) is 12.1. The third-order valence-electron chi connectivity index (χ3n) is 4.21. The van der Waals surface area contributed by atoms with Crippen LogP contribution in [0.3, 0.4) is 0 Å². The van der Waals surface area contributed by atoms with E-state index in [-0.39, 0.29) is 24.8 Å². The summed E-state index contributed by atoms with van der Waals surface area (Å²) in [7, 11) is 0. The number of esters is 1. The van der Waals surface area contributed by atoms with Gasteiger partial charge < -0.3 is 10.1 Å². The molecule has 0 radical (unpaired) electrons. The van der Waals surface area contributed by atoms with Gasteiger partial charge in [0.1, 0.15) is 6.54 Å². The average molecular weight is 337 g/mol. The second kappa shape index (κ2) is 7.75. The first-order valence-corrected chi connectivity index (χ1v) is 8.27. The highest BCUT2D eigenvalue weighted by Crippen LogP contribution is 2.22. The van der Waals surface area contributed by atoms with E-state index in [0.717, 1.165) is 19.3 Å². The van der Waals surface area contributed by atoms with Crippen LogP contribution in [-0.2, 0) is 22.4 Å². The second-order valence-corrected chi connectivity index (χ2v) is 5.97. The number of nitrogens with one attached hydrogen (secondary N) is 1. The van der Waals surface area contributed by atoms with E-state index in [2.05, 4.69) is 5.32 Å². The minimum atomic E-state index is -0.640. The molecule has 0 fully saturated rings. The molecule has 5 heteroatoms. The Bertz CT molecular complexity index is 799. The molecule has 3 rings (SSSR count). The molecule has 0 heterocycles. The lowest BCUT2D eigenvalue weighted by Gasteiger charge is -2.07. The Balaban J connectivity index is 1.46. The van der Waals surface area contributed by atoms with Crippen LogP contribution in [0.1, 0.15) is 38.3 Å². The van der Waals surface area contributed by atoms with E-state index in [1.54, 1.807) is 36.4 Å². The van der Waals surface area contributed by atoms with Gasteiger partial charge in [0, 0.05) is 11.1 Å². The average Bonchev–Trinajstić information content (AvgIpc) is 3.12. The molecule has 0 aromatic heterocycles. The summed E-state index contributed by atoms with van der Waals surface area (Å²) in [4.78, 5) is 35.7. The Morgan fingerprint density at radius 3 is 2.48 bits per heavy atom. The number of carbonyl (C=O) groups excluding carboxylic acids is 3. The van der Waals surface area contributed by atoms with Gasteiger partial charge in [0.15, 0.2) is 12.4 Å². The van der Waals surface area contributed by atoms with E-state index in [9.17, 15) is 14.4 Å². The van der Waals surface area contributed by atoms with Crippen molar-refractivity contribution in [2.75, 3.05) is 13.2 Å². The number of ketones is 1. The maximum absolute atomic E-state index is 12.1. The van der Waals surface area contributed by atoms with E-state index in [1.165, 1.54) is 11.1 Å². The molecule has 2 aromatic carbocycles. The minimum absolute atomic E-state index is 0.238. The van der Waals surface area contributed by atoms with E-state index >= 15 is 0 Å². The lowest BCUT2D eigenvalue weighted by atomic mass is 10.0. The highest BCUT2D eigenvalue weighted by molar-refractivity contribution is 5.99. The minimum Gasteiger partial charge on any atom is -0.456 e. The number of ether oxygens (including phenoxy) is 1. The fraction of sp³-hybridized carbons (Fsp3) is 0.250.